The number of rotatable bonds is 8. The van der Waals surface area contributed by atoms with Gasteiger partial charge in [-0.1, -0.05) is 134 Å². The lowest BCUT2D eigenvalue weighted by molar-refractivity contribution is 0.111. The summed E-state index contributed by atoms with van der Waals surface area (Å²) in [4.78, 5) is 21.5. The molecule has 0 aliphatic rings. The lowest BCUT2D eigenvalue weighted by Crippen LogP contribution is -1.79. The van der Waals surface area contributed by atoms with E-state index >= 15 is 0 Å². The molecule has 0 radical (unpaired) electrons. The molecule has 0 fully saturated rings. The Labute approximate surface area is 200 Å². The minimum Gasteiger partial charge on any atom is -0.298 e. The van der Waals surface area contributed by atoms with Crippen LogP contribution >= 0.6 is 0 Å². The molecule has 0 amide bonds. The fraction of sp³-hybridized carbons (Fsp3) is 0. The number of carbonyl (C=O) groups excluding carboxylic acids is 2. The second-order valence-corrected chi connectivity index (χ2v) is 7.90. The summed E-state index contributed by atoms with van der Waals surface area (Å²) in [6, 6.07) is 31.7. The fourth-order valence-corrected chi connectivity index (χ4v) is 3.39. The summed E-state index contributed by atoms with van der Waals surface area (Å²) in [6.07, 6.45) is 14.1. The second kappa shape index (κ2) is 11.3. The van der Waals surface area contributed by atoms with Crippen molar-refractivity contribution in [1.82, 2.24) is 0 Å². The first-order valence-electron chi connectivity index (χ1n) is 11.1. The van der Waals surface area contributed by atoms with E-state index < -0.39 is 0 Å². The van der Waals surface area contributed by atoms with Gasteiger partial charge in [0.1, 0.15) is 12.6 Å². The maximum Gasteiger partial charge on any atom is 0.150 e. The SMILES string of the molecule is O=Cc1ccc(C=Cc2ccc(C=Cc3ccc(C=Cc4ccc(C=O)cc4)cc3)cc2)cc1. The average molecular weight is 441 g/mol. The van der Waals surface area contributed by atoms with E-state index in [1.165, 1.54) is 0 Å². The van der Waals surface area contributed by atoms with Crippen molar-refractivity contribution in [1.29, 1.82) is 0 Å². The van der Waals surface area contributed by atoms with Gasteiger partial charge in [0.2, 0.25) is 0 Å². The molecule has 0 unspecified atom stereocenters. The molecule has 0 aromatic heterocycles. The molecular formula is C32H24O2. The highest BCUT2D eigenvalue weighted by molar-refractivity contribution is 5.78. The lowest BCUT2D eigenvalue weighted by Gasteiger charge is -1.99. The molecule has 4 rings (SSSR count). The third-order valence-electron chi connectivity index (χ3n) is 5.42. The predicted molar refractivity (Wildman–Crippen MR) is 143 cm³/mol. The molecule has 0 atom stereocenters. The van der Waals surface area contributed by atoms with Gasteiger partial charge in [0.05, 0.1) is 0 Å². The number of hydrogen-bond acceptors (Lipinski definition) is 2. The molecule has 0 aliphatic carbocycles. The van der Waals surface area contributed by atoms with Crippen molar-refractivity contribution in [2.45, 2.75) is 0 Å². The highest BCUT2D eigenvalue weighted by Gasteiger charge is 1.94. The van der Waals surface area contributed by atoms with Gasteiger partial charge in [0, 0.05) is 11.1 Å². The normalized spacial score (nSPS) is 11.4. The van der Waals surface area contributed by atoms with E-state index in [2.05, 4.69) is 72.8 Å². The lowest BCUT2D eigenvalue weighted by atomic mass is 10.1. The minimum absolute atomic E-state index is 0.682. The van der Waals surface area contributed by atoms with Crippen LogP contribution in [0.25, 0.3) is 36.5 Å². The Kier molecular flexibility index (Phi) is 7.55. The van der Waals surface area contributed by atoms with Crippen LogP contribution in [0.5, 0.6) is 0 Å². The Morgan fingerprint density at radius 2 is 0.412 bits per heavy atom. The van der Waals surface area contributed by atoms with E-state index in [1.54, 1.807) is 0 Å². The first-order chi connectivity index (χ1) is 16.7. The monoisotopic (exact) mass is 440 g/mol. The molecule has 0 heterocycles. The summed E-state index contributed by atoms with van der Waals surface area (Å²) in [5.74, 6) is 0. The van der Waals surface area contributed by atoms with Crippen molar-refractivity contribution >= 4 is 49.0 Å². The molecule has 0 bridgehead atoms. The van der Waals surface area contributed by atoms with Crippen LogP contribution in [-0.2, 0) is 0 Å². The molecule has 34 heavy (non-hydrogen) atoms. The maximum absolute atomic E-state index is 10.7. The van der Waals surface area contributed by atoms with Crippen LogP contribution in [0.3, 0.4) is 0 Å². The summed E-state index contributed by atoms with van der Waals surface area (Å²) in [5, 5.41) is 0. The first kappa shape index (κ1) is 22.6. The van der Waals surface area contributed by atoms with Crippen LogP contribution in [0.15, 0.2) is 97.1 Å². The first-order valence-corrected chi connectivity index (χ1v) is 11.1. The molecule has 0 N–H and O–H groups in total. The highest BCUT2D eigenvalue weighted by Crippen LogP contribution is 2.15. The molecule has 2 heteroatoms. The third-order valence-corrected chi connectivity index (χ3v) is 5.42. The summed E-state index contributed by atoms with van der Waals surface area (Å²) in [6.45, 7) is 0. The highest BCUT2D eigenvalue weighted by atomic mass is 16.1. The Hall–Kier alpha value is -4.56. The topological polar surface area (TPSA) is 34.1 Å². The van der Waals surface area contributed by atoms with Crippen LogP contribution in [0.2, 0.25) is 0 Å². The van der Waals surface area contributed by atoms with Crippen LogP contribution in [0.1, 0.15) is 54.1 Å². The Morgan fingerprint density at radius 3 is 0.559 bits per heavy atom. The molecule has 0 saturated heterocycles. The van der Waals surface area contributed by atoms with Gasteiger partial charge in [0.15, 0.2) is 0 Å². The van der Waals surface area contributed by atoms with E-state index in [-0.39, 0.29) is 0 Å². The van der Waals surface area contributed by atoms with Crippen LogP contribution in [0.4, 0.5) is 0 Å². The smallest absolute Gasteiger partial charge is 0.150 e. The number of carbonyl (C=O) groups is 2. The Balaban J connectivity index is 1.34. The molecule has 0 saturated carbocycles. The largest absolute Gasteiger partial charge is 0.298 e. The van der Waals surface area contributed by atoms with Gasteiger partial charge in [-0.05, 0) is 33.4 Å². The van der Waals surface area contributed by atoms with Gasteiger partial charge in [-0.3, -0.25) is 9.59 Å². The number of benzene rings is 4. The third kappa shape index (κ3) is 6.47. The molecule has 4 aromatic rings. The van der Waals surface area contributed by atoms with Crippen molar-refractivity contribution < 1.29 is 9.59 Å². The zero-order valence-corrected chi connectivity index (χ0v) is 18.7. The Bertz CT molecular complexity index is 1210. The summed E-state index contributed by atoms with van der Waals surface area (Å²) in [7, 11) is 0. The quantitative estimate of drug-likeness (QED) is 0.207. The van der Waals surface area contributed by atoms with E-state index in [1.807, 2.05) is 60.7 Å². The van der Waals surface area contributed by atoms with Gasteiger partial charge in [-0.15, -0.1) is 0 Å². The molecule has 0 aliphatic heterocycles. The average Bonchev–Trinajstić information content (AvgIpc) is 2.91. The molecular weight excluding hydrogens is 416 g/mol. The fourth-order valence-electron chi connectivity index (χ4n) is 3.39. The van der Waals surface area contributed by atoms with Crippen molar-refractivity contribution in [3.05, 3.63) is 142 Å². The maximum atomic E-state index is 10.7. The molecule has 4 aromatic carbocycles. The van der Waals surface area contributed by atoms with Crippen molar-refractivity contribution in [3.63, 3.8) is 0 Å². The standard InChI is InChI=1S/C32H24O2/c33-23-31-19-15-29(16-20-31)13-11-27-7-3-25(4-8-27)1-2-26-5-9-28(10-6-26)12-14-30-17-21-32(24-34)22-18-30/h1-24H. The number of aldehydes is 2. The van der Waals surface area contributed by atoms with Gasteiger partial charge in [-0.2, -0.15) is 0 Å². The van der Waals surface area contributed by atoms with Crippen molar-refractivity contribution in [2.24, 2.45) is 0 Å². The van der Waals surface area contributed by atoms with E-state index in [9.17, 15) is 9.59 Å². The predicted octanol–water partition coefficient (Wildman–Crippen LogP) is 7.82. The molecule has 0 spiro atoms. The molecule has 164 valence electrons. The van der Waals surface area contributed by atoms with Crippen LogP contribution in [0, 0.1) is 0 Å². The van der Waals surface area contributed by atoms with E-state index in [4.69, 9.17) is 0 Å². The second-order valence-electron chi connectivity index (χ2n) is 7.90. The summed E-state index contributed by atoms with van der Waals surface area (Å²) < 4.78 is 0. The van der Waals surface area contributed by atoms with Gasteiger partial charge < -0.3 is 0 Å². The molecule has 2 nitrogen and oxygen atoms in total. The zero-order valence-electron chi connectivity index (χ0n) is 18.7. The Morgan fingerprint density at radius 1 is 0.265 bits per heavy atom. The zero-order chi connectivity index (χ0) is 23.6. The van der Waals surface area contributed by atoms with Gasteiger partial charge >= 0.3 is 0 Å². The summed E-state index contributed by atoms with van der Waals surface area (Å²) in [5.41, 5.74) is 7.99. The number of hydrogen-bond donors (Lipinski definition) is 0. The van der Waals surface area contributed by atoms with Crippen LogP contribution in [-0.4, -0.2) is 12.6 Å². The minimum atomic E-state index is 0.682. The van der Waals surface area contributed by atoms with Crippen molar-refractivity contribution in [3.8, 4) is 0 Å². The van der Waals surface area contributed by atoms with Gasteiger partial charge in [0.25, 0.3) is 0 Å². The van der Waals surface area contributed by atoms with Crippen molar-refractivity contribution in [2.75, 3.05) is 0 Å². The van der Waals surface area contributed by atoms with E-state index in [0.29, 0.717) is 11.1 Å². The van der Waals surface area contributed by atoms with E-state index in [0.717, 1.165) is 46.0 Å². The van der Waals surface area contributed by atoms with Crippen LogP contribution < -0.4 is 0 Å². The summed E-state index contributed by atoms with van der Waals surface area (Å²) >= 11 is 0. The van der Waals surface area contributed by atoms with Gasteiger partial charge in [-0.25, -0.2) is 0 Å².